The van der Waals surface area contributed by atoms with E-state index in [0.29, 0.717) is 6.61 Å². The smallest absolute Gasteiger partial charge is 0.157 e. The maximum atomic E-state index is 9.46. The van der Waals surface area contributed by atoms with E-state index >= 15 is 0 Å². The molecule has 0 aliphatic heterocycles. The van der Waals surface area contributed by atoms with Crippen molar-refractivity contribution in [2.75, 3.05) is 6.61 Å². The van der Waals surface area contributed by atoms with Gasteiger partial charge in [0.15, 0.2) is 6.29 Å². The second-order valence-corrected chi connectivity index (χ2v) is 3.41. The predicted octanol–water partition coefficient (Wildman–Crippen LogP) is 0.892. The Kier molecular flexibility index (Phi) is 3.98. The van der Waals surface area contributed by atoms with Gasteiger partial charge in [-0.05, 0) is 32.6 Å². The molecule has 2 N–H and O–H groups in total. The lowest BCUT2D eigenvalue weighted by Crippen LogP contribution is -2.29. The van der Waals surface area contributed by atoms with E-state index in [0.717, 1.165) is 25.7 Å². The van der Waals surface area contributed by atoms with Crippen LogP contribution in [-0.4, -0.2) is 29.2 Å². The van der Waals surface area contributed by atoms with Crippen LogP contribution in [0.4, 0.5) is 0 Å². The Balaban J connectivity index is 2.24. The van der Waals surface area contributed by atoms with E-state index in [9.17, 15) is 10.2 Å². The molecule has 3 heteroatoms. The first kappa shape index (κ1) is 9.96. The monoisotopic (exact) mass is 174 g/mol. The number of hydrogen-bond donors (Lipinski definition) is 2. The van der Waals surface area contributed by atoms with Gasteiger partial charge in [0.25, 0.3) is 0 Å². The average Bonchev–Trinajstić information content (AvgIpc) is 2.06. The molecule has 0 aromatic rings. The van der Waals surface area contributed by atoms with Gasteiger partial charge in [0.1, 0.15) is 0 Å². The normalized spacial score (nSPS) is 33.2. The summed E-state index contributed by atoms with van der Waals surface area (Å²) in [7, 11) is 0. The molecule has 12 heavy (non-hydrogen) atoms. The Bertz CT molecular complexity index is 119. The van der Waals surface area contributed by atoms with E-state index in [2.05, 4.69) is 0 Å². The molecule has 1 aliphatic rings. The summed E-state index contributed by atoms with van der Waals surface area (Å²) in [5.41, 5.74) is 0. The molecule has 0 heterocycles. The van der Waals surface area contributed by atoms with Crippen molar-refractivity contribution in [1.82, 2.24) is 0 Å². The molecule has 0 spiro atoms. The molecule has 1 aliphatic carbocycles. The Morgan fingerprint density at radius 3 is 2.42 bits per heavy atom. The molecule has 0 bridgehead atoms. The molecule has 0 aromatic heterocycles. The summed E-state index contributed by atoms with van der Waals surface area (Å²) in [4.78, 5) is 0. The highest BCUT2D eigenvalue weighted by Gasteiger charge is 2.25. The summed E-state index contributed by atoms with van der Waals surface area (Å²) in [6.07, 6.45) is 2.58. The van der Waals surface area contributed by atoms with Crippen LogP contribution in [0.15, 0.2) is 0 Å². The minimum absolute atomic E-state index is 0.157. The summed E-state index contributed by atoms with van der Waals surface area (Å²) >= 11 is 0. The fraction of sp³-hybridized carbons (Fsp3) is 1.00. The Morgan fingerprint density at radius 2 is 1.92 bits per heavy atom. The van der Waals surface area contributed by atoms with Crippen LogP contribution in [0.1, 0.15) is 32.6 Å². The molecule has 0 unspecified atom stereocenters. The van der Waals surface area contributed by atoms with Gasteiger partial charge in [0.05, 0.1) is 6.10 Å². The molecule has 0 radical (unpaired) electrons. The largest absolute Gasteiger partial charge is 0.393 e. The maximum absolute atomic E-state index is 9.46. The van der Waals surface area contributed by atoms with Gasteiger partial charge in [-0.15, -0.1) is 0 Å². The zero-order chi connectivity index (χ0) is 8.97. The van der Waals surface area contributed by atoms with Gasteiger partial charge in [-0.1, -0.05) is 0 Å². The molecule has 0 aromatic carbocycles. The van der Waals surface area contributed by atoms with Crippen LogP contribution in [0, 0.1) is 5.92 Å². The van der Waals surface area contributed by atoms with Gasteiger partial charge in [0, 0.05) is 12.5 Å². The van der Waals surface area contributed by atoms with E-state index in [-0.39, 0.29) is 12.0 Å². The van der Waals surface area contributed by atoms with Crippen molar-refractivity contribution in [3.8, 4) is 0 Å². The predicted molar refractivity (Wildman–Crippen MR) is 45.6 cm³/mol. The lowest BCUT2D eigenvalue weighted by Gasteiger charge is -2.28. The average molecular weight is 174 g/mol. The summed E-state index contributed by atoms with van der Waals surface area (Å²) in [5.74, 6) is 0.230. The van der Waals surface area contributed by atoms with Crippen molar-refractivity contribution in [1.29, 1.82) is 0 Å². The molecule has 3 nitrogen and oxygen atoms in total. The molecule has 1 atom stereocenters. The molecule has 1 rings (SSSR count). The highest BCUT2D eigenvalue weighted by Crippen LogP contribution is 2.27. The number of rotatable bonds is 3. The second kappa shape index (κ2) is 4.80. The minimum atomic E-state index is -0.623. The summed E-state index contributed by atoms with van der Waals surface area (Å²) in [6, 6.07) is 0. The van der Waals surface area contributed by atoms with Crippen molar-refractivity contribution in [3.63, 3.8) is 0 Å². The van der Waals surface area contributed by atoms with Crippen molar-refractivity contribution in [2.24, 2.45) is 5.92 Å². The van der Waals surface area contributed by atoms with Gasteiger partial charge in [-0.2, -0.15) is 0 Å². The van der Waals surface area contributed by atoms with Gasteiger partial charge >= 0.3 is 0 Å². The van der Waals surface area contributed by atoms with E-state index in [4.69, 9.17) is 4.74 Å². The third-order valence-corrected chi connectivity index (χ3v) is 2.48. The highest BCUT2D eigenvalue weighted by atomic mass is 16.6. The molecular formula is C9H18O3. The molecule has 0 amide bonds. The van der Waals surface area contributed by atoms with Crippen LogP contribution < -0.4 is 0 Å². The minimum Gasteiger partial charge on any atom is -0.393 e. The van der Waals surface area contributed by atoms with Crippen molar-refractivity contribution in [3.05, 3.63) is 0 Å². The van der Waals surface area contributed by atoms with Crippen LogP contribution in [-0.2, 0) is 4.74 Å². The third-order valence-electron chi connectivity index (χ3n) is 2.48. The van der Waals surface area contributed by atoms with E-state index in [1.807, 2.05) is 6.92 Å². The fourth-order valence-electron chi connectivity index (χ4n) is 1.69. The molecule has 0 saturated heterocycles. The molecule has 1 fully saturated rings. The van der Waals surface area contributed by atoms with E-state index in [1.54, 1.807) is 0 Å². The molecule has 72 valence electrons. The van der Waals surface area contributed by atoms with Gasteiger partial charge in [-0.3, -0.25) is 0 Å². The first-order chi connectivity index (χ1) is 5.74. The summed E-state index contributed by atoms with van der Waals surface area (Å²) in [5, 5.41) is 18.7. The van der Waals surface area contributed by atoms with Crippen LogP contribution in [0.25, 0.3) is 0 Å². The summed E-state index contributed by atoms with van der Waals surface area (Å²) < 4.78 is 5.09. The number of aliphatic hydroxyl groups is 2. The number of hydrogen-bond acceptors (Lipinski definition) is 3. The Morgan fingerprint density at radius 1 is 1.33 bits per heavy atom. The van der Waals surface area contributed by atoms with E-state index in [1.165, 1.54) is 0 Å². The first-order valence-electron chi connectivity index (χ1n) is 4.71. The lowest BCUT2D eigenvalue weighted by molar-refractivity contribution is -0.141. The van der Waals surface area contributed by atoms with Crippen molar-refractivity contribution >= 4 is 0 Å². The van der Waals surface area contributed by atoms with Crippen LogP contribution in [0.2, 0.25) is 0 Å². The van der Waals surface area contributed by atoms with Gasteiger partial charge in [-0.25, -0.2) is 0 Å². The zero-order valence-corrected chi connectivity index (χ0v) is 7.57. The SMILES string of the molecule is CCO[C@H](O)C1CCC(O)CC1. The second-order valence-electron chi connectivity index (χ2n) is 3.41. The highest BCUT2D eigenvalue weighted by molar-refractivity contribution is 4.73. The topological polar surface area (TPSA) is 49.7 Å². The van der Waals surface area contributed by atoms with Crippen LogP contribution >= 0.6 is 0 Å². The number of ether oxygens (including phenoxy) is 1. The zero-order valence-electron chi connectivity index (χ0n) is 7.57. The third kappa shape index (κ3) is 2.73. The van der Waals surface area contributed by atoms with Crippen LogP contribution in [0.5, 0.6) is 0 Å². The van der Waals surface area contributed by atoms with Crippen molar-refractivity contribution < 1.29 is 14.9 Å². The van der Waals surface area contributed by atoms with E-state index < -0.39 is 6.29 Å². The van der Waals surface area contributed by atoms with Crippen molar-refractivity contribution in [2.45, 2.75) is 45.0 Å². The molecule has 1 saturated carbocycles. The first-order valence-corrected chi connectivity index (χ1v) is 4.71. The van der Waals surface area contributed by atoms with Crippen LogP contribution in [0.3, 0.4) is 0 Å². The summed E-state index contributed by atoms with van der Waals surface area (Å²) in [6.45, 7) is 2.43. The lowest BCUT2D eigenvalue weighted by atomic mass is 9.87. The number of aliphatic hydroxyl groups excluding tert-OH is 2. The fourth-order valence-corrected chi connectivity index (χ4v) is 1.69. The van der Waals surface area contributed by atoms with Gasteiger partial charge in [0.2, 0.25) is 0 Å². The Labute approximate surface area is 73.4 Å². The van der Waals surface area contributed by atoms with Gasteiger partial charge < -0.3 is 14.9 Å². The quantitative estimate of drug-likeness (QED) is 0.625. The Hall–Kier alpha value is -0.120. The molecular weight excluding hydrogens is 156 g/mol. The maximum Gasteiger partial charge on any atom is 0.157 e. The standard InChI is InChI=1S/C9H18O3/c1-2-12-9(11)7-3-5-8(10)6-4-7/h7-11H,2-6H2,1H3/t7?,8?,9-/m0/s1.